The molecule has 19 heavy (non-hydrogen) atoms. The molecule has 3 rings (SSSR count). The molecule has 0 aliphatic rings. The van der Waals surface area contributed by atoms with E-state index < -0.39 is 0 Å². The fraction of sp³-hybridized carbons (Fsp3) is 0. The van der Waals surface area contributed by atoms with Crippen LogP contribution in [-0.2, 0) is 0 Å². The van der Waals surface area contributed by atoms with Crippen LogP contribution in [0.5, 0.6) is 5.75 Å². The van der Waals surface area contributed by atoms with E-state index in [1.807, 2.05) is 30.3 Å². The topological polar surface area (TPSA) is 58.9 Å². The van der Waals surface area contributed by atoms with Gasteiger partial charge in [-0.1, -0.05) is 6.07 Å². The summed E-state index contributed by atoms with van der Waals surface area (Å²) in [6, 6.07) is 12.6. The van der Waals surface area contributed by atoms with Crippen LogP contribution in [0.1, 0.15) is 0 Å². The molecule has 0 radical (unpaired) electrons. The second-order valence-electron chi connectivity index (χ2n) is 3.99. The zero-order valence-corrected chi connectivity index (χ0v) is 10.1. The van der Waals surface area contributed by atoms with Crippen LogP contribution in [0.25, 0.3) is 22.6 Å². The van der Waals surface area contributed by atoms with E-state index in [0.29, 0.717) is 11.4 Å². The zero-order valence-electron chi connectivity index (χ0n) is 10.1. The number of rotatable bonds is 2. The van der Waals surface area contributed by atoms with Crippen molar-refractivity contribution in [2.75, 3.05) is 0 Å². The van der Waals surface area contributed by atoms with Gasteiger partial charge in [-0.05, 0) is 36.4 Å². The second kappa shape index (κ2) is 4.86. The first-order chi connectivity index (χ1) is 9.36. The number of aromatic nitrogens is 3. The maximum absolute atomic E-state index is 9.92. The number of pyridine rings is 3. The Morgan fingerprint density at radius 1 is 0.684 bits per heavy atom. The fourth-order valence-corrected chi connectivity index (χ4v) is 1.91. The summed E-state index contributed by atoms with van der Waals surface area (Å²) in [5.74, 6) is 0.132. The molecule has 0 bridgehead atoms. The minimum atomic E-state index is 0.132. The maximum Gasteiger partial charge on any atom is 0.141 e. The van der Waals surface area contributed by atoms with Crippen molar-refractivity contribution in [3.63, 3.8) is 0 Å². The molecule has 0 aromatic carbocycles. The third-order valence-corrected chi connectivity index (χ3v) is 2.76. The van der Waals surface area contributed by atoms with Crippen LogP contribution in [0.3, 0.4) is 0 Å². The van der Waals surface area contributed by atoms with Crippen molar-refractivity contribution in [2.45, 2.75) is 0 Å². The van der Waals surface area contributed by atoms with Gasteiger partial charge in [0.2, 0.25) is 0 Å². The van der Waals surface area contributed by atoms with Crippen LogP contribution in [0.15, 0.2) is 61.1 Å². The highest BCUT2D eigenvalue weighted by molar-refractivity contribution is 5.79. The SMILES string of the molecule is Oc1cccnc1-c1cccnc1-c1ccccn1. The van der Waals surface area contributed by atoms with Crippen molar-refractivity contribution in [1.29, 1.82) is 0 Å². The van der Waals surface area contributed by atoms with Crippen LogP contribution >= 0.6 is 0 Å². The Bertz CT molecular complexity index is 699. The molecule has 0 amide bonds. The van der Waals surface area contributed by atoms with E-state index in [-0.39, 0.29) is 5.75 Å². The highest BCUT2D eigenvalue weighted by atomic mass is 16.3. The van der Waals surface area contributed by atoms with Gasteiger partial charge in [-0.15, -0.1) is 0 Å². The predicted molar refractivity (Wildman–Crippen MR) is 72.4 cm³/mol. The molecule has 0 saturated carbocycles. The van der Waals surface area contributed by atoms with Crippen molar-refractivity contribution < 1.29 is 5.11 Å². The van der Waals surface area contributed by atoms with Gasteiger partial charge in [0, 0.05) is 24.2 Å². The lowest BCUT2D eigenvalue weighted by Gasteiger charge is -2.08. The molecule has 3 heterocycles. The van der Waals surface area contributed by atoms with Gasteiger partial charge in [0.15, 0.2) is 0 Å². The lowest BCUT2D eigenvalue weighted by Crippen LogP contribution is -1.92. The summed E-state index contributed by atoms with van der Waals surface area (Å²) >= 11 is 0. The first kappa shape index (κ1) is 11.3. The Hall–Kier alpha value is -2.75. The average molecular weight is 249 g/mol. The van der Waals surface area contributed by atoms with Gasteiger partial charge >= 0.3 is 0 Å². The molecule has 4 nitrogen and oxygen atoms in total. The molecule has 3 aromatic rings. The summed E-state index contributed by atoms with van der Waals surface area (Å²) in [4.78, 5) is 12.9. The normalized spacial score (nSPS) is 10.3. The second-order valence-corrected chi connectivity index (χ2v) is 3.99. The molecule has 92 valence electrons. The highest BCUT2D eigenvalue weighted by Crippen LogP contribution is 2.32. The Kier molecular flexibility index (Phi) is 2.90. The van der Waals surface area contributed by atoms with Crippen molar-refractivity contribution in [3.8, 4) is 28.4 Å². The standard InChI is InChI=1S/C15H11N3O/c19-13-7-4-10-18-15(13)11-5-3-9-17-14(11)12-6-1-2-8-16-12/h1-10,19H. The molecule has 0 fully saturated rings. The number of hydrogen-bond donors (Lipinski definition) is 1. The molecule has 0 aliphatic carbocycles. The summed E-state index contributed by atoms with van der Waals surface area (Å²) in [7, 11) is 0. The van der Waals surface area contributed by atoms with Crippen LogP contribution < -0.4 is 0 Å². The number of aromatic hydroxyl groups is 1. The van der Waals surface area contributed by atoms with E-state index in [4.69, 9.17) is 0 Å². The molecule has 0 unspecified atom stereocenters. The molecule has 0 aliphatic heterocycles. The lowest BCUT2D eigenvalue weighted by atomic mass is 10.1. The third-order valence-electron chi connectivity index (χ3n) is 2.76. The average Bonchev–Trinajstić information content (AvgIpc) is 2.49. The van der Waals surface area contributed by atoms with Gasteiger partial charge in [-0.2, -0.15) is 0 Å². The summed E-state index contributed by atoms with van der Waals surface area (Å²) in [6.07, 6.45) is 5.06. The van der Waals surface area contributed by atoms with Crippen molar-refractivity contribution in [2.24, 2.45) is 0 Å². The molecule has 0 atom stereocenters. The van der Waals surface area contributed by atoms with E-state index in [1.165, 1.54) is 0 Å². The van der Waals surface area contributed by atoms with Crippen LogP contribution in [0.2, 0.25) is 0 Å². The molecule has 4 heteroatoms. The van der Waals surface area contributed by atoms with Crippen LogP contribution in [0.4, 0.5) is 0 Å². The van der Waals surface area contributed by atoms with E-state index in [2.05, 4.69) is 15.0 Å². The molecule has 0 saturated heterocycles. The predicted octanol–water partition coefficient (Wildman–Crippen LogP) is 2.91. The minimum Gasteiger partial charge on any atom is -0.506 e. The highest BCUT2D eigenvalue weighted by Gasteiger charge is 2.13. The quantitative estimate of drug-likeness (QED) is 0.758. The van der Waals surface area contributed by atoms with Gasteiger partial charge in [0.25, 0.3) is 0 Å². The van der Waals surface area contributed by atoms with Crippen molar-refractivity contribution in [3.05, 3.63) is 61.1 Å². The molecular weight excluding hydrogens is 238 g/mol. The van der Waals surface area contributed by atoms with E-state index in [1.54, 1.807) is 30.7 Å². The number of nitrogens with zero attached hydrogens (tertiary/aromatic N) is 3. The fourth-order valence-electron chi connectivity index (χ4n) is 1.91. The van der Waals surface area contributed by atoms with Crippen molar-refractivity contribution in [1.82, 2.24) is 15.0 Å². The largest absolute Gasteiger partial charge is 0.506 e. The van der Waals surface area contributed by atoms with E-state index >= 15 is 0 Å². The van der Waals surface area contributed by atoms with E-state index in [0.717, 1.165) is 11.3 Å². The first-order valence-corrected chi connectivity index (χ1v) is 5.87. The van der Waals surface area contributed by atoms with Gasteiger partial charge in [-0.3, -0.25) is 15.0 Å². The molecule has 1 N–H and O–H groups in total. The summed E-state index contributed by atoms with van der Waals surface area (Å²) in [5, 5.41) is 9.92. The Balaban J connectivity index is 2.21. The molecule has 0 spiro atoms. The first-order valence-electron chi connectivity index (χ1n) is 5.87. The Morgan fingerprint density at radius 2 is 1.42 bits per heavy atom. The van der Waals surface area contributed by atoms with Gasteiger partial charge in [0.1, 0.15) is 11.4 Å². The van der Waals surface area contributed by atoms with Crippen LogP contribution in [0, 0.1) is 0 Å². The Labute approximate surface area is 110 Å². The zero-order chi connectivity index (χ0) is 13.1. The molecular formula is C15H11N3O. The van der Waals surface area contributed by atoms with Crippen molar-refractivity contribution >= 4 is 0 Å². The minimum absolute atomic E-state index is 0.132. The monoisotopic (exact) mass is 249 g/mol. The summed E-state index contributed by atoms with van der Waals surface area (Å²) in [6.45, 7) is 0. The maximum atomic E-state index is 9.92. The van der Waals surface area contributed by atoms with Crippen LogP contribution in [-0.4, -0.2) is 20.1 Å². The summed E-state index contributed by atoms with van der Waals surface area (Å²) < 4.78 is 0. The lowest BCUT2D eigenvalue weighted by molar-refractivity contribution is 0.475. The number of hydrogen-bond acceptors (Lipinski definition) is 4. The Morgan fingerprint density at radius 3 is 2.16 bits per heavy atom. The smallest absolute Gasteiger partial charge is 0.141 e. The third kappa shape index (κ3) is 2.15. The molecule has 3 aromatic heterocycles. The van der Waals surface area contributed by atoms with Gasteiger partial charge < -0.3 is 5.11 Å². The van der Waals surface area contributed by atoms with Gasteiger partial charge in [-0.25, -0.2) is 0 Å². The van der Waals surface area contributed by atoms with Gasteiger partial charge in [0.05, 0.1) is 11.4 Å². The summed E-state index contributed by atoms with van der Waals surface area (Å²) in [5.41, 5.74) is 2.73. The van der Waals surface area contributed by atoms with E-state index in [9.17, 15) is 5.11 Å².